The summed E-state index contributed by atoms with van der Waals surface area (Å²) < 4.78 is 4.38. The smallest absolute Gasteiger partial charge is 0.222 e. The number of carbonyl (C=O) groups is 1. The third kappa shape index (κ3) is 0.726. The highest BCUT2D eigenvalue weighted by Crippen LogP contribution is 1.92. The number of hydrogen-bond acceptors (Lipinski definition) is 4. The highest BCUT2D eigenvalue weighted by molar-refractivity contribution is 5.90. The molecule has 1 aromatic rings. The average molecular weight is 112 g/mol. The lowest BCUT2D eigenvalue weighted by Gasteiger charge is -1.75. The summed E-state index contributed by atoms with van der Waals surface area (Å²) in [4.78, 5) is 10.3. The molecule has 4 nitrogen and oxygen atoms in total. The Hall–Kier alpha value is -1.19. The second-order valence-corrected chi connectivity index (χ2v) is 1.34. The first-order chi connectivity index (χ1) is 3.80. The Morgan fingerprint density at radius 1 is 1.88 bits per heavy atom. The van der Waals surface area contributed by atoms with E-state index in [-0.39, 0.29) is 11.5 Å². The van der Waals surface area contributed by atoms with Crippen LogP contribution in [0.1, 0.15) is 17.5 Å². The van der Waals surface area contributed by atoms with Gasteiger partial charge in [-0.15, -0.1) is 5.10 Å². The summed E-state index contributed by atoms with van der Waals surface area (Å²) in [6.07, 6.45) is 1.28. The van der Waals surface area contributed by atoms with Crippen molar-refractivity contribution in [2.45, 2.75) is 6.92 Å². The molecule has 0 spiro atoms. The van der Waals surface area contributed by atoms with Crippen molar-refractivity contribution < 1.29 is 9.32 Å². The lowest BCUT2D eigenvalue weighted by atomic mass is 10.4. The van der Waals surface area contributed by atoms with Gasteiger partial charge in [0.2, 0.25) is 5.76 Å². The summed E-state index contributed by atoms with van der Waals surface area (Å²) >= 11 is 0. The summed E-state index contributed by atoms with van der Waals surface area (Å²) in [5.41, 5.74) is 0. The van der Waals surface area contributed by atoms with Crippen LogP contribution >= 0.6 is 0 Å². The van der Waals surface area contributed by atoms with Crippen molar-refractivity contribution in [3.05, 3.63) is 12.0 Å². The summed E-state index contributed by atoms with van der Waals surface area (Å²) in [5.74, 6) is 0.0417. The fourth-order valence-electron chi connectivity index (χ4n) is 0.322. The molecular formula is C4H4N2O2. The first kappa shape index (κ1) is 4.96. The summed E-state index contributed by atoms with van der Waals surface area (Å²) in [6, 6.07) is 0. The molecule has 1 rings (SSSR count). The lowest BCUT2D eigenvalue weighted by Crippen LogP contribution is -1.85. The summed E-state index contributed by atoms with van der Waals surface area (Å²) in [6.45, 7) is 1.39. The SMILES string of the molecule is CC(=O)c1cnno1. The lowest BCUT2D eigenvalue weighted by molar-refractivity contribution is 0.0978. The Morgan fingerprint density at radius 3 is 2.88 bits per heavy atom. The first-order valence-electron chi connectivity index (χ1n) is 2.09. The van der Waals surface area contributed by atoms with Gasteiger partial charge in [-0.3, -0.25) is 4.79 Å². The molecule has 0 bridgehead atoms. The van der Waals surface area contributed by atoms with Crippen LogP contribution in [0.25, 0.3) is 0 Å². The van der Waals surface area contributed by atoms with Crippen LogP contribution < -0.4 is 0 Å². The highest BCUT2D eigenvalue weighted by atomic mass is 16.5. The molecule has 0 amide bonds. The van der Waals surface area contributed by atoms with Gasteiger partial charge < -0.3 is 4.52 Å². The van der Waals surface area contributed by atoms with Crippen molar-refractivity contribution in [2.75, 3.05) is 0 Å². The third-order valence-electron chi connectivity index (χ3n) is 0.708. The summed E-state index contributed by atoms with van der Waals surface area (Å²) in [5, 5.41) is 6.40. The molecule has 0 fully saturated rings. The topological polar surface area (TPSA) is 56.0 Å². The molecule has 0 aromatic carbocycles. The van der Waals surface area contributed by atoms with E-state index in [1.165, 1.54) is 13.1 Å². The quantitative estimate of drug-likeness (QED) is 0.489. The van der Waals surface area contributed by atoms with E-state index in [4.69, 9.17) is 0 Å². The van der Waals surface area contributed by atoms with Gasteiger partial charge in [0.15, 0.2) is 5.78 Å². The van der Waals surface area contributed by atoms with Crippen LogP contribution in [0, 0.1) is 0 Å². The predicted molar refractivity (Wildman–Crippen MR) is 24.3 cm³/mol. The normalized spacial score (nSPS) is 9.12. The van der Waals surface area contributed by atoms with Gasteiger partial charge in [-0.2, -0.15) is 0 Å². The van der Waals surface area contributed by atoms with E-state index in [1.54, 1.807) is 0 Å². The number of nitrogens with zero attached hydrogens (tertiary/aromatic N) is 2. The Kier molecular flexibility index (Phi) is 1.07. The average Bonchev–Trinajstić information content (AvgIpc) is 2.12. The van der Waals surface area contributed by atoms with E-state index in [1.807, 2.05) is 0 Å². The monoisotopic (exact) mass is 112 g/mol. The fraction of sp³-hybridized carbons (Fsp3) is 0.250. The molecule has 1 aromatic heterocycles. The number of aromatic nitrogens is 2. The number of carbonyl (C=O) groups excluding carboxylic acids is 1. The van der Waals surface area contributed by atoms with Gasteiger partial charge >= 0.3 is 0 Å². The van der Waals surface area contributed by atoms with E-state index in [0.717, 1.165) is 0 Å². The van der Waals surface area contributed by atoms with Gasteiger partial charge in [0.1, 0.15) is 6.20 Å². The van der Waals surface area contributed by atoms with Gasteiger partial charge in [-0.25, -0.2) is 0 Å². The first-order valence-corrected chi connectivity index (χ1v) is 2.09. The van der Waals surface area contributed by atoms with Crippen LogP contribution in [-0.4, -0.2) is 16.2 Å². The van der Waals surface area contributed by atoms with E-state index in [0.29, 0.717) is 0 Å². The van der Waals surface area contributed by atoms with Crippen molar-refractivity contribution in [2.24, 2.45) is 0 Å². The molecule has 1 heterocycles. The maximum Gasteiger partial charge on any atom is 0.222 e. The van der Waals surface area contributed by atoms with E-state index in [9.17, 15) is 4.79 Å². The van der Waals surface area contributed by atoms with Crippen LogP contribution in [0.15, 0.2) is 10.7 Å². The molecule has 0 radical (unpaired) electrons. The molecule has 0 aliphatic carbocycles. The molecule has 0 N–H and O–H groups in total. The molecule has 0 aliphatic heterocycles. The second-order valence-electron chi connectivity index (χ2n) is 1.34. The van der Waals surface area contributed by atoms with Gasteiger partial charge in [-0.1, -0.05) is 0 Å². The maximum atomic E-state index is 10.3. The Balaban J connectivity index is 2.93. The van der Waals surface area contributed by atoms with Gasteiger partial charge in [0.05, 0.1) is 0 Å². The molecule has 42 valence electrons. The van der Waals surface area contributed by atoms with Crippen LogP contribution in [0.5, 0.6) is 0 Å². The number of hydrogen-bond donors (Lipinski definition) is 0. The molecular weight excluding hydrogens is 108 g/mol. The van der Waals surface area contributed by atoms with E-state index < -0.39 is 0 Å². The molecule has 8 heavy (non-hydrogen) atoms. The van der Waals surface area contributed by atoms with Crippen molar-refractivity contribution in [3.8, 4) is 0 Å². The van der Waals surface area contributed by atoms with Crippen molar-refractivity contribution >= 4 is 5.78 Å². The third-order valence-corrected chi connectivity index (χ3v) is 0.708. The largest absolute Gasteiger partial charge is 0.334 e. The van der Waals surface area contributed by atoms with Gasteiger partial charge in [0.25, 0.3) is 0 Å². The van der Waals surface area contributed by atoms with Crippen molar-refractivity contribution in [1.82, 2.24) is 10.4 Å². The zero-order chi connectivity index (χ0) is 5.98. The fourth-order valence-corrected chi connectivity index (χ4v) is 0.322. The number of rotatable bonds is 1. The minimum Gasteiger partial charge on any atom is -0.334 e. The zero-order valence-electron chi connectivity index (χ0n) is 4.29. The predicted octanol–water partition coefficient (Wildman–Crippen LogP) is 0.272. The molecule has 0 atom stereocenters. The Bertz CT molecular complexity index is 180. The van der Waals surface area contributed by atoms with Crippen molar-refractivity contribution in [3.63, 3.8) is 0 Å². The van der Waals surface area contributed by atoms with E-state index in [2.05, 4.69) is 14.9 Å². The minimum absolute atomic E-state index is 0.157. The highest BCUT2D eigenvalue weighted by Gasteiger charge is 2.01. The minimum atomic E-state index is -0.157. The zero-order valence-corrected chi connectivity index (χ0v) is 4.29. The van der Waals surface area contributed by atoms with Gasteiger partial charge in [-0.05, 0) is 0 Å². The number of ketones is 1. The van der Waals surface area contributed by atoms with Crippen LogP contribution in [-0.2, 0) is 0 Å². The standard InChI is InChI=1S/C4H4N2O2/c1-3(7)4-2-5-6-8-4/h2H,1H3. The Morgan fingerprint density at radius 2 is 2.62 bits per heavy atom. The van der Waals surface area contributed by atoms with E-state index >= 15 is 0 Å². The van der Waals surface area contributed by atoms with Crippen molar-refractivity contribution in [1.29, 1.82) is 0 Å². The Labute approximate surface area is 45.5 Å². The van der Waals surface area contributed by atoms with Crippen LogP contribution in [0.3, 0.4) is 0 Å². The molecule has 0 unspecified atom stereocenters. The molecule has 4 heteroatoms. The van der Waals surface area contributed by atoms with Crippen LogP contribution in [0.2, 0.25) is 0 Å². The van der Waals surface area contributed by atoms with Gasteiger partial charge in [0, 0.05) is 12.2 Å². The second kappa shape index (κ2) is 1.73. The maximum absolute atomic E-state index is 10.3. The van der Waals surface area contributed by atoms with Crippen LogP contribution in [0.4, 0.5) is 0 Å². The summed E-state index contributed by atoms with van der Waals surface area (Å²) in [7, 11) is 0. The molecule has 0 aliphatic rings. The number of Topliss-reactive ketones (excluding diaryl/α,β-unsaturated/α-hetero) is 1. The molecule has 0 saturated heterocycles. The molecule has 0 saturated carbocycles.